The zero-order chi connectivity index (χ0) is 21.2. The number of aromatic amines is 1. The molecule has 8 heteroatoms. The molecule has 154 valence electrons. The molecule has 3 aromatic heterocycles. The van der Waals surface area contributed by atoms with Crippen molar-refractivity contribution < 1.29 is 18.7 Å². The Morgan fingerprint density at radius 1 is 1.30 bits per heavy atom. The van der Waals surface area contributed by atoms with Crippen molar-refractivity contribution in [3.05, 3.63) is 53.6 Å². The number of rotatable bonds is 4. The van der Waals surface area contributed by atoms with Crippen LogP contribution in [-0.2, 0) is 4.79 Å². The number of hydrogen-bond donors (Lipinski definition) is 2. The third-order valence-electron chi connectivity index (χ3n) is 5.98. The van der Waals surface area contributed by atoms with Crippen molar-refractivity contribution in [3.8, 4) is 5.69 Å². The molecule has 5 rings (SSSR count). The van der Waals surface area contributed by atoms with Crippen molar-refractivity contribution in [2.75, 3.05) is 0 Å². The van der Waals surface area contributed by atoms with Crippen LogP contribution in [-0.4, -0.2) is 36.5 Å². The normalized spacial score (nSPS) is 21.4. The third kappa shape index (κ3) is 2.63. The molecule has 0 unspecified atom stereocenters. The van der Waals surface area contributed by atoms with Crippen molar-refractivity contribution in [3.63, 3.8) is 0 Å². The number of carboxylic acids is 1. The summed E-state index contributed by atoms with van der Waals surface area (Å²) in [6.45, 7) is 4.06. The van der Waals surface area contributed by atoms with E-state index in [4.69, 9.17) is 4.98 Å². The van der Waals surface area contributed by atoms with E-state index < -0.39 is 11.6 Å². The van der Waals surface area contributed by atoms with Crippen molar-refractivity contribution in [1.29, 1.82) is 0 Å². The van der Waals surface area contributed by atoms with Crippen LogP contribution in [0.15, 0.2) is 36.5 Å². The highest BCUT2D eigenvalue weighted by atomic mass is 19.1. The molecule has 30 heavy (non-hydrogen) atoms. The smallest absolute Gasteiger partial charge is 0.341 e. The minimum atomic E-state index is -2.21. The van der Waals surface area contributed by atoms with Gasteiger partial charge < -0.3 is 9.67 Å². The number of H-pyrrole nitrogens is 1. The highest BCUT2D eigenvalue weighted by molar-refractivity contribution is 5.94. The topological polar surface area (TPSA) is 83.8 Å². The van der Waals surface area contributed by atoms with Gasteiger partial charge >= 0.3 is 5.97 Å². The van der Waals surface area contributed by atoms with E-state index in [1.54, 1.807) is 18.3 Å². The van der Waals surface area contributed by atoms with Crippen LogP contribution in [0, 0.1) is 5.82 Å². The molecule has 1 aliphatic rings. The lowest BCUT2D eigenvalue weighted by Crippen LogP contribution is -2.45. The van der Waals surface area contributed by atoms with Crippen LogP contribution in [0.4, 0.5) is 8.78 Å². The average molecular weight is 410 g/mol. The van der Waals surface area contributed by atoms with Gasteiger partial charge in [-0.1, -0.05) is 13.8 Å². The Kier molecular flexibility index (Phi) is 3.96. The summed E-state index contributed by atoms with van der Waals surface area (Å²) in [4.78, 5) is 16.1. The summed E-state index contributed by atoms with van der Waals surface area (Å²) in [5, 5.41) is 17.0. The maximum Gasteiger partial charge on any atom is 0.341 e. The molecule has 0 saturated heterocycles. The lowest BCUT2D eigenvalue weighted by molar-refractivity contribution is -0.158. The minimum Gasteiger partial charge on any atom is -0.479 e. The van der Waals surface area contributed by atoms with Crippen molar-refractivity contribution >= 4 is 28.0 Å². The predicted molar refractivity (Wildman–Crippen MR) is 108 cm³/mol. The summed E-state index contributed by atoms with van der Waals surface area (Å²) in [5.74, 6) is -1.97. The zero-order valence-electron chi connectivity index (χ0n) is 16.5. The third-order valence-corrected chi connectivity index (χ3v) is 5.98. The van der Waals surface area contributed by atoms with E-state index >= 15 is 0 Å². The van der Waals surface area contributed by atoms with Gasteiger partial charge in [-0.25, -0.2) is 18.6 Å². The summed E-state index contributed by atoms with van der Waals surface area (Å²) in [6.07, 6.45) is 1.50. The highest BCUT2D eigenvalue weighted by Gasteiger charge is 2.53. The van der Waals surface area contributed by atoms with E-state index in [-0.39, 0.29) is 30.5 Å². The number of alkyl halides is 1. The van der Waals surface area contributed by atoms with Crippen LogP contribution < -0.4 is 0 Å². The van der Waals surface area contributed by atoms with Crippen LogP contribution in [0.2, 0.25) is 0 Å². The minimum absolute atomic E-state index is 0.0511. The number of fused-ring (bicyclic) bond motifs is 2. The molecule has 1 saturated carbocycles. The van der Waals surface area contributed by atoms with Gasteiger partial charge in [0.1, 0.15) is 5.82 Å². The number of aliphatic carboxylic acids is 1. The second-order valence-corrected chi connectivity index (χ2v) is 8.31. The SMILES string of the molecule is CC(C)c1c(C2CC(F)(C(=O)O)C2)c2nc3[nH]ncc3cc2n1-c1ccc(F)cc1. The fourth-order valence-electron chi connectivity index (χ4n) is 4.55. The Bertz CT molecular complexity index is 1280. The van der Waals surface area contributed by atoms with Crippen LogP contribution in [0.3, 0.4) is 0 Å². The van der Waals surface area contributed by atoms with Crippen molar-refractivity contribution in [1.82, 2.24) is 19.7 Å². The Morgan fingerprint density at radius 3 is 2.63 bits per heavy atom. The lowest BCUT2D eigenvalue weighted by Gasteiger charge is -2.38. The predicted octanol–water partition coefficient (Wildman–Crippen LogP) is 4.83. The van der Waals surface area contributed by atoms with Crippen molar-refractivity contribution in [2.24, 2.45) is 0 Å². The molecular formula is C22H20F2N4O2. The zero-order valence-corrected chi connectivity index (χ0v) is 16.5. The number of halogens is 2. The molecule has 4 aromatic rings. The van der Waals surface area contributed by atoms with Crippen molar-refractivity contribution in [2.45, 2.75) is 44.2 Å². The summed E-state index contributed by atoms with van der Waals surface area (Å²) < 4.78 is 30.2. The highest BCUT2D eigenvalue weighted by Crippen LogP contribution is 2.52. The summed E-state index contributed by atoms with van der Waals surface area (Å²) in [6, 6.07) is 8.14. The molecule has 0 atom stereocenters. The largest absolute Gasteiger partial charge is 0.479 e. The number of benzene rings is 1. The molecule has 0 amide bonds. The van der Waals surface area contributed by atoms with Gasteiger partial charge in [0.25, 0.3) is 0 Å². The monoisotopic (exact) mass is 410 g/mol. The number of nitrogens with zero attached hydrogens (tertiary/aromatic N) is 3. The standard InChI is InChI=1S/C22H20F2N4O2/c1-11(2)19-17(13-8-22(24,9-13)21(29)30)18-16(7-12-10-25-27-20(12)26-18)28(19)15-5-3-14(23)4-6-15/h3-7,10-11,13H,8-9H2,1-2H3,(H,29,30)(H,25,26,27). The van der Waals surface area contributed by atoms with Crippen LogP contribution >= 0.6 is 0 Å². The fraction of sp³-hybridized carbons (Fsp3) is 0.318. The Labute approximate surface area is 170 Å². The molecule has 1 fully saturated rings. The summed E-state index contributed by atoms with van der Waals surface area (Å²) >= 11 is 0. The molecule has 2 N–H and O–H groups in total. The van der Waals surface area contributed by atoms with E-state index in [0.717, 1.165) is 27.8 Å². The second kappa shape index (κ2) is 6.35. The van der Waals surface area contributed by atoms with Gasteiger partial charge in [0, 0.05) is 22.3 Å². The van der Waals surface area contributed by atoms with Gasteiger partial charge in [0.05, 0.1) is 17.2 Å². The number of carboxylic acid groups (broad SMARTS) is 1. The van der Waals surface area contributed by atoms with Crippen LogP contribution in [0.25, 0.3) is 27.8 Å². The maximum absolute atomic E-state index is 14.6. The molecule has 0 radical (unpaired) electrons. The van der Waals surface area contributed by atoms with E-state index in [1.165, 1.54) is 12.1 Å². The average Bonchev–Trinajstić information content (AvgIpc) is 3.26. The lowest BCUT2D eigenvalue weighted by atomic mass is 9.68. The van der Waals surface area contributed by atoms with E-state index in [1.807, 2.05) is 24.5 Å². The molecule has 0 spiro atoms. The quantitative estimate of drug-likeness (QED) is 0.505. The van der Waals surface area contributed by atoms with Gasteiger partial charge in [0.15, 0.2) is 5.65 Å². The number of nitrogens with one attached hydrogen (secondary N) is 1. The Hall–Kier alpha value is -3.29. The first-order valence-corrected chi connectivity index (χ1v) is 9.85. The van der Waals surface area contributed by atoms with E-state index in [0.29, 0.717) is 11.2 Å². The van der Waals surface area contributed by atoms with Gasteiger partial charge in [-0.05, 0) is 55.0 Å². The summed E-state index contributed by atoms with van der Waals surface area (Å²) in [5.41, 5.74) is 2.46. The van der Waals surface area contributed by atoms with E-state index in [2.05, 4.69) is 10.2 Å². The first-order valence-electron chi connectivity index (χ1n) is 9.85. The van der Waals surface area contributed by atoms with Crippen LogP contribution in [0.5, 0.6) is 0 Å². The first kappa shape index (κ1) is 18.7. The van der Waals surface area contributed by atoms with Gasteiger partial charge in [0.2, 0.25) is 5.67 Å². The number of aromatic nitrogens is 4. The molecular weight excluding hydrogens is 390 g/mol. The van der Waals surface area contributed by atoms with Gasteiger partial charge in [-0.2, -0.15) is 5.10 Å². The Balaban J connectivity index is 1.81. The number of pyridine rings is 1. The molecule has 1 aromatic carbocycles. The van der Waals surface area contributed by atoms with Crippen LogP contribution in [0.1, 0.15) is 49.8 Å². The molecule has 1 aliphatic carbocycles. The molecule has 3 heterocycles. The fourth-order valence-corrected chi connectivity index (χ4v) is 4.55. The maximum atomic E-state index is 14.6. The molecule has 0 bridgehead atoms. The molecule has 6 nitrogen and oxygen atoms in total. The molecule has 0 aliphatic heterocycles. The first-order chi connectivity index (χ1) is 14.3. The Morgan fingerprint density at radius 2 is 2.00 bits per heavy atom. The van der Waals surface area contributed by atoms with Gasteiger partial charge in [-0.3, -0.25) is 5.10 Å². The second-order valence-electron chi connectivity index (χ2n) is 8.31. The number of hydrogen-bond acceptors (Lipinski definition) is 3. The summed E-state index contributed by atoms with van der Waals surface area (Å²) in [7, 11) is 0. The van der Waals surface area contributed by atoms with Gasteiger partial charge in [-0.15, -0.1) is 0 Å². The van der Waals surface area contributed by atoms with E-state index in [9.17, 15) is 18.7 Å². The number of carbonyl (C=O) groups is 1.